The molecule has 2 rings (SSSR count). The maximum Gasteiger partial charge on any atom is 0.234 e. The maximum atomic E-state index is 12.5. The molecule has 2 aromatic carbocycles. The predicted molar refractivity (Wildman–Crippen MR) is 85.5 cm³/mol. The Hall–Kier alpha value is -2.49. The van der Waals surface area contributed by atoms with Gasteiger partial charge >= 0.3 is 0 Å². The molecule has 0 aromatic heterocycles. The molecule has 1 amide bonds. The predicted octanol–water partition coefficient (Wildman–Crippen LogP) is 3.19. The highest BCUT2D eigenvalue weighted by molar-refractivity contribution is 6.00. The lowest BCUT2D eigenvalue weighted by molar-refractivity contribution is -0.120. The number of carbonyl (C=O) groups is 1. The van der Waals surface area contributed by atoms with Gasteiger partial charge in [0.1, 0.15) is 5.75 Å². The molecule has 0 aliphatic heterocycles. The van der Waals surface area contributed by atoms with E-state index in [-0.39, 0.29) is 5.91 Å². The first kappa shape index (κ1) is 14.9. The van der Waals surface area contributed by atoms with E-state index in [0.29, 0.717) is 17.1 Å². The number of ether oxygens (including phenoxy) is 1. The largest absolute Gasteiger partial charge is 0.497 e. The van der Waals surface area contributed by atoms with E-state index < -0.39 is 5.41 Å². The van der Waals surface area contributed by atoms with Crippen molar-refractivity contribution in [2.24, 2.45) is 0 Å². The van der Waals surface area contributed by atoms with Gasteiger partial charge in [-0.25, -0.2) is 0 Å². The van der Waals surface area contributed by atoms with Gasteiger partial charge in [0.25, 0.3) is 0 Å². The van der Waals surface area contributed by atoms with Crippen LogP contribution in [0, 0.1) is 0 Å². The zero-order valence-corrected chi connectivity index (χ0v) is 12.5. The molecule has 0 fully saturated rings. The summed E-state index contributed by atoms with van der Waals surface area (Å²) in [7, 11) is 1.57. The summed E-state index contributed by atoms with van der Waals surface area (Å²) >= 11 is 0. The summed E-state index contributed by atoms with van der Waals surface area (Å²) in [6.07, 6.45) is 0. The lowest BCUT2D eigenvalue weighted by Gasteiger charge is -2.24. The zero-order chi connectivity index (χ0) is 15.5. The summed E-state index contributed by atoms with van der Waals surface area (Å²) in [6, 6.07) is 14.9. The third-order valence-electron chi connectivity index (χ3n) is 3.57. The molecular formula is C17H20N2O2. The molecule has 0 aliphatic rings. The van der Waals surface area contributed by atoms with Crippen molar-refractivity contribution >= 4 is 17.3 Å². The number of methoxy groups -OCH3 is 1. The Morgan fingerprint density at radius 1 is 1.14 bits per heavy atom. The molecule has 0 atom stereocenters. The van der Waals surface area contributed by atoms with Crippen LogP contribution in [0.5, 0.6) is 5.75 Å². The summed E-state index contributed by atoms with van der Waals surface area (Å²) in [4.78, 5) is 12.5. The summed E-state index contributed by atoms with van der Waals surface area (Å²) in [5.74, 6) is 0.554. The van der Waals surface area contributed by atoms with Gasteiger partial charge in [-0.3, -0.25) is 4.79 Å². The van der Waals surface area contributed by atoms with Gasteiger partial charge in [0.05, 0.1) is 23.9 Å². The second-order valence-corrected chi connectivity index (χ2v) is 5.40. The smallest absolute Gasteiger partial charge is 0.234 e. The molecule has 4 nitrogen and oxygen atoms in total. The average molecular weight is 284 g/mol. The highest BCUT2D eigenvalue weighted by atomic mass is 16.5. The van der Waals surface area contributed by atoms with Crippen LogP contribution in [0.25, 0.3) is 0 Å². The Kier molecular flexibility index (Phi) is 4.17. The minimum atomic E-state index is -0.645. The van der Waals surface area contributed by atoms with Crippen LogP contribution in [-0.4, -0.2) is 13.0 Å². The number of rotatable bonds is 4. The van der Waals surface area contributed by atoms with Crippen molar-refractivity contribution < 1.29 is 9.53 Å². The molecule has 2 aromatic rings. The third kappa shape index (κ3) is 3.16. The molecule has 3 N–H and O–H groups in total. The average Bonchev–Trinajstić information content (AvgIpc) is 2.50. The molecule has 110 valence electrons. The molecule has 0 bridgehead atoms. The van der Waals surface area contributed by atoms with E-state index in [1.54, 1.807) is 25.3 Å². The van der Waals surface area contributed by atoms with Gasteiger partial charge in [0, 0.05) is 6.07 Å². The van der Waals surface area contributed by atoms with E-state index in [2.05, 4.69) is 5.32 Å². The Bertz CT molecular complexity index is 636. The molecule has 0 aliphatic carbocycles. The van der Waals surface area contributed by atoms with E-state index >= 15 is 0 Å². The number of hydrogen-bond acceptors (Lipinski definition) is 3. The van der Waals surface area contributed by atoms with Crippen LogP contribution in [0.3, 0.4) is 0 Å². The van der Waals surface area contributed by atoms with E-state index in [1.807, 2.05) is 44.2 Å². The van der Waals surface area contributed by atoms with Crippen LogP contribution in [0.4, 0.5) is 11.4 Å². The van der Waals surface area contributed by atoms with Crippen molar-refractivity contribution in [3.63, 3.8) is 0 Å². The fourth-order valence-electron chi connectivity index (χ4n) is 2.05. The summed E-state index contributed by atoms with van der Waals surface area (Å²) in [6.45, 7) is 3.77. The van der Waals surface area contributed by atoms with Crippen LogP contribution in [0.1, 0.15) is 19.4 Å². The van der Waals surface area contributed by atoms with Crippen LogP contribution < -0.4 is 15.8 Å². The molecule has 0 saturated heterocycles. The monoisotopic (exact) mass is 284 g/mol. The normalized spacial score (nSPS) is 11.0. The lowest BCUT2D eigenvalue weighted by Crippen LogP contribution is -2.34. The van der Waals surface area contributed by atoms with Crippen LogP contribution >= 0.6 is 0 Å². The molecule has 0 heterocycles. The van der Waals surface area contributed by atoms with E-state index in [1.165, 1.54) is 0 Å². The number of hydrogen-bond donors (Lipinski definition) is 2. The highest BCUT2D eigenvalue weighted by Crippen LogP contribution is 2.28. The Balaban J connectivity index is 2.21. The van der Waals surface area contributed by atoms with Crippen molar-refractivity contribution in [1.29, 1.82) is 0 Å². The zero-order valence-electron chi connectivity index (χ0n) is 12.5. The number of benzene rings is 2. The van der Waals surface area contributed by atoms with Gasteiger partial charge in [-0.1, -0.05) is 30.3 Å². The molecule has 0 radical (unpaired) electrons. The fraction of sp³-hybridized carbons (Fsp3) is 0.235. The second-order valence-electron chi connectivity index (χ2n) is 5.40. The quantitative estimate of drug-likeness (QED) is 0.847. The van der Waals surface area contributed by atoms with Gasteiger partial charge in [-0.15, -0.1) is 0 Å². The van der Waals surface area contributed by atoms with Gasteiger partial charge < -0.3 is 15.8 Å². The number of anilines is 2. The Morgan fingerprint density at radius 2 is 1.81 bits per heavy atom. The number of nitrogen functional groups attached to an aromatic ring is 1. The fourth-order valence-corrected chi connectivity index (χ4v) is 2.05. The van der Waals surface area contributed by atoms with Gasteiger partial charge in [-0.2, -0.15) is 0 Å². The Labute approximate surface area is 124 Å². The lowest BCUT2D eigenvalue weighted by atomic mass is 9.83. The van der Waals surface area contributed by atoms with Crippen LogP contribution in [-0.2, 0) is 10.2 Å². The summed E-state index contributed by atoms with van der Waals surface area (Å²) in [5.41, 5.74) is 7.31. The molecular weight excluding hydrogens is 264 g/mol. The first-order valence-electron chi connectivity index (χ1n) is 6.75. The number of nitrogens with two attached hydrogens (primary N) is 1. The van der Waals surface area contributed by atoms with Gasteiger partial charge in [0.15, 0.2) is 0 Å². The van der Waals surface area contributed by atoms with Crippen molar-refractivity contribution in [2.75, 3.05) is 18.2 Å². The van der Waals surface area contributed by atoms with Gasteiger partial charge in [0.2, 0.25) is 5.91 Å². The first-order valence-corrected chi connectivity index (χ1v) is 6.75. The van der Waals surface area contributed by atoms with E-state index in [0.717, 1.165) is 5.56 Å². The SMILES string of the molecule is COc1ccc(NC(=O)C(C)(C)c2ccccc2)c(N)c1. The van der Waals surface area contributed by atoms with Gasteiger partial charge in [-0.05, 0) is 31.5 Å². The first-order chi connectivity index (χ1) is 9.95. The molecule has 0 unspecified atom stereocenters. The third-order valence-corrected chi connectivity index (χ3v) is 3.57. The standard InChI is InChI=1S/C17H20N2O2/c1-17(2,12-7-5-4-6-8-12)16(20)19-15-10-9-13(21-3)11-14(15)18/h4-11H,18H2,1-3H3,(H,19,20). The number of nitrogens with one attached hydrogen (secondary N) is 1. The maximum absolute atomic E-state index is 12.5. The second kappa shape index (κ2) is 5.87. The molecule has 0 saturated carbocycles. The van der Waals surface area contributed by atoms with Crippen molar-refractivity contribution in [2.45, 2.75) is 19.3 Å². The molecule has 0 spiro atoms. The Morgan fingerprint density at radius 3 is 2.38 bits per heavy atom. The van der Waals surface area contributed by atoms with Crippen molar-refractivity contribution in [3.05, 3.63) is 54.1 Å². The van der Waals surface area contributed by atoms with Crippen molar-refractivity contribution in [1.82, 2.24) is 0 Å². The van der Waals surface area contributed by atoms with Crippen LogP contribution in [0.2, 0.25) is 0 Å². The minimum absolute atomic E-state index is 0.106. The molecule has 4 heteroatoms. The number of amides is 1. The molecule has 21 heavy (non-hydrogen) atoms. The van der Waals surface area contributed by atoms with E-state index in [4.69, 9.17) is 10.5 Å². The van der Waals surface area contributed by atoms with E-state index in [9.17, 15) is 4.79 Å². The summed E-state index contributed by atoms with van der Waals surface area (Å²) < 4.78 is 5.10. The van der Waals surface area contributed by atoms with Crippen LogP contribution in [0.15, 0.2) is 48.5 Å². The minimum Gasteiger partial charge on any atom is -0.497 e. The highest BCUT2D eigenvalue weighted by Gasteiger charge is 2.29. The van der Waals surface area contributed by atoms with Crippen molar-refractivity contribution in [3.8, 4) is 5.75 Å². The topological polar surface area (TPSA) is 64.3 Å². The number of carbonyl (C=O) groups excluding carboxylic acids is 1. The summed E-state index contributed by atoms with van der Waals surface area (Å²) in [5, 5.41) is 2.88.